The highest BCUT2D eigenvalue weighted by Gasteiger charge is 2.57. The van der Waals surface area contributed by atoms with Crippen LogP contribution in [0.2, 0.25) is 0 Å². The summed E-state index contributed by atoms with van der Waals surface area (Å²) in [6, 6.07) is 0. The van der Waals surface area contributed by atoms with Crippen LogP contribution in [-0.4, -0.2) is 39.8 Å². The summed E-state index contributed by atoms with van der Waals surface area (Å²) < 4.78 is 5.37. The number of halogens is 2. The van der Waals surface area contributed by atoms with Crippen molar-refractivity contribution < 1.29 is 9.53 Å². The molecule has 3 nitrogen and oxygen atoms in total. The zero-order valence-corrected chi connectivity index (χ0v) is 13.6. The molecule has 0 aliphatic carbocycles. The molecule has 0 spiro atoms. The maximum atomic E-state index is 12.3. The van der Waals surface area contributed by atoms with E-state index in [1.807, 2.05) is 25.7 Å². The number of methoxy groups -OCH3 is 1. The van der Waals surface area contributed by atoms with E-state index in [9.17, 15) is 4.79 Å². The highest BCUT2D eigenvalue weighted by atomic mass is 79.9. The predicted molar refractivity (Wildman–Crippen MR) is 72.0 cm³/mol. The molecular weight excluding hydrogens is 338 g/mol. The Balaban J connectivity index is 3.16. The first kappa shape index (κ1) is 14.5. The smallest absolute Gasteiger partial charge is 0.253 e. The topological polar surface area (TPSA) is 29.5 Å². The third-order valence-corrected chi connectivity index (χ3v) is 5.74. The number of amides is 1. The molecule has 0 aromatic heterocycles. The van der Waals surface area contributed by atoms with Gasteiger partial charge in [-0.1, -0.05) is 38.8 Å². The van der Waals surface area contributed by atoms with Gasteiger partial charge in [0.2, 0.25) is 0 Å². The zero-order valence-electron chi connectivity index (χ0n) is 10.4. The van der Waals surface area contributed by atoms with Gasteiger partial charge in [0.05, 0.1) is 4.95 Å². The van der Waals surface area contributed by atoms with Crippen LogP contribution in [0.5, 0.6) is 0 Å². The maximum absolute atomic E-state index is 12.3. The minimum Gasteiger partial charge on any atom is -0.371 e. The molecule has 1 saturated heterocycles. The second kappa shape index (κ2) is 4.58. The lowest BCUT2D eigenvalue weighted by atomic mass is 9.89. The monoisotopic (exact) mass is 355 g/mol. The maximum Gasteiger partial charge on any atom is 0.253 e. The number of ether oxygens (including phenoxy) is 1. The van der Waals surface area contributed by atoms with Crippen LogP contribution in [0.3, 0.4) is 0 Å². The van der Waals surface area contributed by atoms with Gasteiger partial charge in [0.25, 0.3) is 5.91 Å². The van der Waals surface area contributed by atoms with Gasteiger partial charge in [-0.15, -0.1) is 0 Å². The molecule has 0 saturated carbocycles. The minimum absolute atomic E-state index is 0.0168. The standard InChI is InChI=1S/C11H19Br2NO2/c1-10(2,3)14-8(15)7(16-5)11(4,6-12)9(14)13/h7,9H,6H2,1-5H3/t7-,9-,11+/m1/s1. The van der Waals surface area contributed by atoms with Gasteiger partial charge in [-0.25, -0.2) is 0 Å². The molecule has 1 aliphatic heterocycles. The van der Waals surface area contributed by atoms with E-state index in [1.54, 1.807) is 7.11 Å². The fourth-order valence-corrected chi connectivity index (χ4v) is 4.37. The molecule has 0 aromatic rings. The lowest BCUT2D eigenvalue weighted by Gasteiger charge is -2.37. The minimum atomic E-state index is -0.393. The van der Waals surface area contributed by atoms with Crippen molar-refractivity contribution >= 4 is 37.8 Å². The van der Waals surface area contributed by atoms with Gasteiger partial charge >= 0.3 is 0 Å². The third kappa shape index (κ3) is 2.06. The number of alkyl halides is 2. The van der Waals surface area contributed by atoms with Crippen molar-refractivity contribution in [3.05, 3.63) is 0 Å². The van der Waals surface area contributed by atoms with E-state index in [1.165, 1.54) is 0 Å². The number of carbonyl (C=O) groups is 1. The Hall–Kier alpha value is 0.390. The third-order valence-electron chi connectivity index (χ3n) is 3.08. The first-order chi connectivity index (χ1) is 7.20. The molecule has 1 aliphatic rings. The van der Waals surface area contributed by atoms with Gasteiger partial charge < -0.3 is 9.64 Å². The van der Waals surface area contributed by atoms with E-state index >= 15 is 0 Å². The number of hydrogen-bond donors (Lipinski definition) is 0. The van der Waals surface area contributed by atoms with Crippen molar-refractivity contribution in [2.75, 3.05) is 12.4 Å². The van der Waals surface area contributed by atoms with Crippen molar-refractivity contribution in [1.82, 2.24) is 4.90 Å². The van der Waals surface area contributed by atoms with Gasteiger partial charge in [-0.3, -0.25) is 4.79 Å². The molecule has 0 radical (unpaired) electrons. The lowest BCUT2D eigenvalue weighted by Crippen LogP contribution is -2.47. The van der Waals surface area contributed by atoms with Crippen LogP contribution in [-0.2, 0) is 9.53 Å². The molecular formula is C11H19Br2NO2. The SMILES string of the molecule is CO[C@@H]1C(=O)N(C(C)(C)C)[C@@H](Br)[C@@]1(C)CBr. The quantitative estimate of drug-likeness (QED) is 0.562. The highest BCUT2D eigenvalue weighted by Crippen LogP contribution is 2.46. The van der Waals surface area contributed by atoms with Crippen LogP contribution in [0.25, 0.3) is 0 Å². The number of hydrogen-bond acceptors (Lipinski definition) is 2. The van der Waals surface area contributed by atoms with Crippen molar-refractivity contribution in [3.8, 4) is 0 Å². The van der Waals surface area contributed by atoms with Crippen LogP contribution >= 0.6 is 31.9 Å². The molecule has 1 fully saturated rings. The van der Waals surface area contributed by atoms with E-state index in [-0.39, 0.29) is 21.8 Å². The normalized spacial score (nSPS) is 35.9. The molecule has 5 heteroatoms. The summed E-state index contributed by atoms with van der Waals surface area (Å²) in [4.78, 5) is 14.2. The van der Waals surface area contributed by atoms with Gasteiger partial charge in [-0.2, -0.15) is 0 Å². The summed E-state index contributed by atoms with van der Waals surface area (Å²) in [6.45, 7) is 8.16. The Morgan fingerprint density at radius 1 is 1.50 bits per heavy atom. The Bertz CT molecular complexity index is 290. The molecule has 0 N–H and O–H groups in total. The number of nitrogens with zero attached hydrogens (tertiary/aromatic N) is 1. The molecule has 0 bridgehead atoms. The molecule has 16 heavy (non-hydrogen) atoms. The molecule has 3 atom stereocenters. The molecule has 1 amide bonds. The molecule has 0 aromatic carbocycles. The summed E-state index contributed by atoms with van der Waals surface area (Å²) in [6.07, 6.45) is -0.393. The van der Waals surface area contributed by atoms with Gasteiger partial charge in [0.1, 0.15) is 6.10 Å². The first-order valence-corrected chi connectivity index (χ1v) is 7.30. The van der Waals surface area contributed by atoms with Gasteiger partial charge in [-0.05, 0) is 20.8 Å². The number of carbonyl (C=O) groups excluding carboxylic acids is 1. The summed E-state index contributed by atoms with van der Waals surface area (Å²) in [7, 11) is 1.59. The van der Waals surface area contributed by atoms with Crippen LogP contribution in [0.4, 0.5) is 0 Å². The van der Waals surface area contributed by atoms with E-state index < -0.39 is 6.10 Å². The van der Waals surface area contributed by atoms with Gasteiger partial charge in [0.15, 0.2) is 0 Å². The highest BCUT2D eigenvalue weighted by molar-refractivity contribution is 9.10. The predicted octanol–water partition coefficient (Wildman–Crippen LogP) is 2.76. The van der Waals surface area contributed by atoms with Crippen molar-refractivity contribution in [1.29, 1.82) is 0 Å². The van der Waals surface area contributed by atoms with Crippen LogP contribution < -0.4 is 0 Å². The summed E-state index contributed by atoms with van der Waals surface area (Å²) in [5, 5.41) is 0.715. The van der Waals surface area contributed by atoms with E-state index in [0.29, 0.717) is 5.33 Å². The summed E-state index contributed by atoms with van der Waals surface area (Å²) in [5.41, 5.74) is -0.457. The van der Waals surface area contributed by atoms with E-state index in [2.05, 4.69) is 38.8 Å². The van der Waals surface area contributed by atoms with Gasteiger partial charge in [0, 0.05) is 23.4 Å². The molecule has 0 unspecified atom stereocenters. The Morgan fingerprint density at radius 3 is 2.25 bits per heavy atom. The average Bonchev–Trinajstić information content (AvgIpc) is 2.34. The largest absolute Gasteiger partial charge is 0.371 e. The fourth-order valence-electron chi connectivity index (χ4n) is 2.11. The second-order valence-corrected chi connectivity index (χ2v) is 6.90. The van der Waals surface area contributed by atoms with Crippen molar-refractivity contribution in [3.63, 3.8) is 0 Å². The Morgan fingerprint density at radius 2 is 2.00 bits per heavy atom. The lowest BCUT2D eigenvalue weighted by molar-refractivity contribution is -0.141. The molecule has 94 valence electrons. The van der Waals surface area contributed by atoms with Crippen LogP contribution in [0.1, 0.15) is 27.7 Å². The zero-order chi connectivity index (χ0) is 12.7. The number of likely N-dealkylation sites (tertiary alicyclic amines) is 1. The van der Waals surface area contributed by atoms with Crippen LogP contribution in [0.15, 0.2) is 0 Å². The number of rotatable bonds is 2. The van der Waals surface area contributed by atoms with E-state index in [4.69, 9.17) is 4.74 Å². The average molecular weight is 357 g/mol. The molecule has 1 rings (SSSR count). The molecule has 1 heterocycles. The van der Waals surface area contributed by atoms with Crippen molar-refractivity contribution in [2.45, 2.75) is 44.3 Å². The second-order valence-electron chi connectivity index (χ2n) is 5.47. The fraction of sp³-hybridized carbons (Fsp3) is 0.909. The van der Waals surface area contributed by atoms with Crippen molar-refractivity contribution in [2.24, 2.45) is 5.41 Å². The Labute approximate surface area is 114 Å². The summed E-state index contributed by atoms with van der Waals surface area (Å²) >= 11 is 7.13. The van der Waals surface area contributed by atoms with E-state index in [0.717, 1.165) is 0 Å². The first-order valence-electron chi connectivity index (χ1n) is 5.26. The Kier molecular flexibility index (Phi) is 4.13. The summed E-state index contributed by atoms with van der Waals surface area (Å²) in [5.74, 6) is 0.0545. The van der Waals surface area contributed by atoms with Crippen LogP contribution in [0, 0.1) is 5.41 Å².